The number of hydrogen-bond acceptors (Lipinski definition) is 5. The van der Waals surface area contributed by atoms with Gasteiger partial charge in [-0.15, -0.1) is 0 Å². The lowest BCUT2D eigenvalue weighted by Crippen LogP contribution is -2.05. The number of benzene rings is 1. The quantitative estimate of drug-likeness (QED) is 0.314. The van der Waals surface area contributed by atoms with Gasteiger partial charge in [-0.1, -0.05) is 0 Å². The van der Waals surface area contributed by atoms with Crippen molar-refractivity contribution < 1.29 is 14.8 Å². The van der Waals surface area contributed by atoms with Crippen LogP contribution in [0.3, 0.4) is 0 Å². The van der Waals surface area contributed by atoms with Crippen molar-refractivity contribution in [2.24, 2.45) is 0 Å². The molecule has 0 heterocycles. The van der Waals surface area contributed by atoms with Crippen LogP contribution in [-0.2, 0) is 0 Å². The zero-order chi connectivity index (χ0) is 10.7. The number of nitrogens with zero attached hydrogens (tertiary/aromatic N) is 1. The Labute approximate surface area is 79.1 Å². The van der Waals surface area contributed by atoms with Crippen LogP contribution >= 0.6 is 0 Å². The number of nitrogen functional groups attached to an aromatic ring is 1. The normalized spacial score (nSPS) is 9.79. The van der Waals surface area contributed by atoms with Crippen LogP contribution < -0.4 is 5.73 Å². The molecule has 1 rings (SSSR count). The average molecular weight is 196 g/mol. The third-order valence-electron chi connectivity index (χ3n) is 1.62. The number of carbonyl (C=O) groups excluding carboxylic acids is 1. The van der Waals surface area contributed by atoms with E-state index in [1.807, 2.05) is 0 Å². The molecule has 0 bridgehead atoms. The Bertz CT molecular complexity index is 389. The molecule has 0 aromatic heterocycles. The van der Waals surface area contributed by atoms with Gasteiger partial charge >= 0.3 is 0 Å². The Hall–Kier alpha value is -1.95. The van der Waals surface area contributed by atoms with E-state index in [9.17, 15) is 14.9 Å². The molecule has 1 aromatic rings. The van der Waals surface area contributed by atoms with Crippen molar-refractivity contribution in [1.82, 2.24) is 0 Å². The Morgan fingerprint density at radius 2 is 2.14 bits per heavy atom. The number of nitro benzene ring substituents is 1. The zero-order valence-electron chi connectivity index (χ0n) is 7.14. The summed E-state index contributed by atoms with van der Waals surface area (Å²) >= 11 is 0. The summed E-state index contributed by atoms with van der Waals surface area (Å²) in [5.74, 6) is -0.597. The number of nitrogens with two attached hydrogens (primary N) is 1. The summed E-state index contributed by atoms with van der Waals surface area (Å²) < 4.78 is 0. The minimum absolute atomic E-state index is 0.0409. The van der Waals surface area contributed by atoms with Crippen LogP contribution in [0.25, 0.3) is 0 Å². The van der Waals surface area contributed by atoms with Gasteiger partial charge in [-0.05, 0) is 6.07 Å². The molecule has 0 saturated heterocycles. The number of Topliss-reactive ketones (excluding diaryl/α,β-unsaturated/α-hetero) is 1. The molecule has 6 heteroatoms. The fourth-order valence-corrected chi connectivity index (χ4v) is 0.992. The number of carbonyl (C=O) groups is 1. The number of nitro groups is 1. The third kappa shape index (κ3) is 2.05. The summed E-state index contributed by atoms with van der Waals surface area (Å²) in [6, 6.07) is 3.51. The molecule has 0 aliphatic carbocycles. The van der Waals surface area contributed by atoms with Crippen molar-refractivity contribution in [3.63, 3.8) is 0 Å². The highest BCUT2D eigenvalue weighted by Crippen LogP contribution is 2.18. The van der Waals surface area contributed by atoms with E-state index in [4.69, 9.17) is 10.8 Å². The van der Waals surface area contributed by atoms with Gasteiger partial charge in [0.1, 0.15) is 6.61 Å². The lowest BCUT2D eigenvalue weighted by Gasteiger charge is -1.99. The fraction of sp³-hybridized carbons (Fsp3) is 0.125. The maximum Gasteiger partial charge on any atom is 0.272 e. The van der Waals surface area contributed by atoms with E-state index in [1.165, 1.54) is 6.07 Å². The second-order valence-corrected chi connectivity index (χ2v) is 2.65. The lowest BCUT2D eigenvalue weighted by molar-refractivity contribution is -0.384. The molecule has 0 unspecified atom stereocenters. The number of anilines is 1. The van der Waals surface area contributed by atoms with E-state index in [-0.39, 0.29) is 16.9 Å². The number of aliphatic hydroxyl groups is 1. The first-order valence-corrected chi connectivity index (χ1v) is 3.73. The first-order valence-electron chi connectivity index (χ1n) is 3.73. The van der Waals surface area contributed by atoms with Gasteiger partial charge in [0, 0.05) is 23.4 Å². The Morgan fingerprint density at radius 3 is 2.64 bits per heavy atom. The molecule has 74 valence electrons. The molecule has 0 fully saturated rings. The first kappa shape index (κ1) is 10.1. The predicted octanol–water partition coefficient (Wildman–Crippen LogP) is 0.352. The van der Waals surface area contributed by atoms with Crippen molar-refractivity contribution in [2.75, 3.05) is 12.3 Å². The molecular weight excluding hydrogens is 188 g/mol. The van der Waals surface area contributed by atoms with Crippen molar-refractivity contribution in [3.05, 3.63) is 33.9 Å². The highest BCUT2D eigenvalue weighted by Gasteiger charge is 2.12. The van der Waals surface area contributed by atoms with Crippen molar-refractivity contribution in [2.45, 2.75) is 0 Å². The predicted molar refractivity (Wildman–Crippen MR) is 48.9 cm³/mol. The van der Waals surface area contributed by atoms with Crippen molar-refractivity contribution in [3.8, 4) is 0 Å². The minimum atomic E-state index is -0.694. The topological polar surface area (TPSA) is 106 Å². The van der Waals surface area contributed by atoms with E-state index >= 15 is 0 Å². The van der Waals surface area contributed by atoms with Gasteiger partial charge < -0.3 is 10.8 Å². The van der Waals surface area contributed by atoms with Crippen LogP contribution in [0.5, 0.6) is 0 Å². The highest BCUT2D eigenvalue weighted by molar-refractivity contribution is 5.98. The van der Waals surface area contributed by atoms with Crippen LogP contribution in [0.2, 0.25) is 0 Å². The van der Waals surface area contributed by atoms with Crippen LogP contribution in [0.4, 0.5) is 11.4 Å². The van der Waals surface area contributed by atoms with Gasteiger partial charge in [0.25, 0.3) is 5.69 Å². The summed E-state index contributed by atoms with van der Waals surface area (Å²) in [5.41, 5.74) is 5.25. The van der Waals surface area contributed by atoms with E-state index in [0.29, 0.717) is 0 Å². The molecular formula is C8H8N2O4. The Balaban J connectivity index is 3.20. The SMILES string of the molecule is Nc1cc(C(=O)CO)cc([N+](=O)[O-])c1. The summed E-state index contributed by atoms with van der Waals surface area (Å²) in [6.45, 7) is -0.694. The molecule has 0 spiro atoms. The van der Waals surface area contributed by atoms with Crippen LogP contribution in [0.15, 0.2) is 18.2 Å². The molecule has 0 atom stereocenters. The van der Waals surface area contributed by atoms with Crippen LogP contribution in [0, 0.1) is 10.1 Å². The molecule has 0 saturated carbocycles. The lowest BCUT2D eigenvalue weighted by atomic mass is 10.1. The van der Waals surface area contributed by atoms with E-state index in [2.05, 4.69) is 0 Å². The maximum absolute atomic E-state index is 11.0. The van der Waals surface area contributed by atoms with E-state index in [0.717, 1.165) is 12.1 Å². The molecule has 6 nitrogen and oxygen atoms in total. The molecule has 1 aromatic carbocycles. The second-order valence-electron chi connectivity index (χ2n) is 2.65. The summed E-state index contributed by atoms with van der Waals surface area (Å²) in [6.07, 6.45) is 0. The minimum Gasteiger partial charge on any atom is -0.399 e. The van der Waals surface area contributed by atoms with Gasteiger partial charge in [0.05, 0.1) is 4.92 Å². The summed E-state index contributed by atoms with van der Waals surface area (Å²) in [7, 11) is 0. The first-order chi connectivity index (χ1) is 6.54. The van der Waals surface area contributed by atoms with Crippen molar-refractivity contribution >= 4 is 17.2 Å². The second kappa shape index (κ2) is 3.84. The Morgan fingerprint density at radius 1 is 1.50 bits per heavy atom. The molecule has 14 heavy (non-hydrogen) atoms. The number of rotatable bonds is 3. The summed E-state index contributed by atoms with van der Waals surface area (Å²) in [5, 5.41) is 18.9. The number of hydrogen-bond donors (Lipinski definition) is 2. The van der Waals surface area contributed by atoms with Crippen molar-refractivity contribution in [1.29, 1.82) is 0 Å². The van der Waals surface area contributed by atoms with Gasteiger partial charge in [-0.25, -0.2) is 0 Å². The molecule has 0 amide bonds. The van der Waals surface area contributed by atoms with Gasteiger partial charge in [0.15, 0.2) is 5.78 Å². The standard InChI is InChI=1S/C8H8N2O4/c9-6-1-5(8(12)4-11)2-7(3-6)10(13)14/h1-3,11H,4,9H2. The van der Waals surface area contributed by atoms with E-state index in [1.54, 1.807) is 0 Å². The molecule has 0 radical (unpaired) electrons. The molecule has 3 N–H and O–H groups in total. The maximum atomic E-state index is 11.0. The fourth-order valence-electron chi connectivity index (χ4n) is 0.992. The zero-order valence-corrected chi connectivity index (χ0v) is 7.14. The van der Waals surface area contributed by atoms with Gasteiger partial charge in [-0.3, -0.25) is 14.9 Å². The highest BCUT2D eigenvalue weighted by atomic mass is 16.6. The number of ketones is 1. The largest absolute Gasteiger partial charge is 0.399 e. The van der Waals surface area contributed by atoms with Gasteiger partial charge in [-0.2, -0.15) is 0 Å². The van der Waals surface area contributed by atoms with Crippen LogP contribution in [0.1, 0.15) is 10.4 Å². The smallest absolute Gasteiger partial charge is 0.272 e. The number of non-ortho nitro benzene ring substituents is 1. The summed E-state index contributed by atoms with van der Waals surface area (Å²) in [4.78, 5) is 20.8. The monoisotopic (exact) mass is 196 g/mol. The Kier molecular flexibility index (Phi) is 2.78. The number of aliphatic hydroxyl groups excluding tert-OH is 1. The van der Waals surface area contributed by atoms with Gasteiger partial charge in [0.2, 0.25) is 0 Å². The third-order valence-corrected chi connectivity index (χ3v) is 1.62. The molecule has 0 aliphatic heterocycles. The average Bonchev–Trinajstić information content (AvgIpc) is 2.15. The van der Waals surface area contributed by atoms with E-state index < -0.39 is 17.3 Å². The van der Waals surface area contributed by atoms with Crippen LogP contribution in [-0.4, -0.2) is 22.4 Å². The molecule has 0 aliphatic rings.